The van der Waals surface area contributed by atoms with Gasteiger partial charge in [0, 0.05) is 18.8 Å². The van der Waals surface area contributed by atoms with Gasteiger partial charge in [-0.2, -0.15) is 0 Å². The maximum atomic E-state index is 12.5. The number of hydrogen-bond donors (Lipinski definition) is 2. The van der Waals surface area contributed by atoms with Gasteiger partial charge in [-0.1, -0.05) is 30.3 Å². The molecule has 3 amide bonds. The van der Waals surface area contributed by atoms with Gasteiger partial charge in [-0.05, 0) is 42.7 Å². The Morgan fingerprint density at radius 3 is 2.58 bits per heavy atom. The Bertz CT molecular complexity index is 747. The largest absolute Gasteiger partial charge is 0.497 e. The van der Waals surface area contributed by atoms with Gasteiger partial charge in [0.1, 0.15) is 11.8 Å². The standard InChI is InChI=1S/C20H23N3O3/c1-26-17-9-7-15(8-10-17)11-13-21-20(25)22-18-12-14-23(19(18)24)16-5-3-2-4-6-16/h2-10,18H,11-14H2,1H3,(H2,21,22,25)/t18-/m1/s1. The van der Waals surface area contributed by atoms with Crippen LogP contribution >= 0.6 is 0 Å². The van der Waals surface area contributed by atoms with E-state index in [1.807, 2.05) is 54.6 Å². The van der Waals surface area contributed by atoms with Crippen LogP contribution in [0.5, 0.6) is 5.75 Å². The third-order valence-corrected chi connectivity index (χ3v) is 4.44. The zero-order valence-electron chi connectivity index (χ0n) is 14.8. The molecule has 1 aliphatic rings. The van der Waals surface area contributed by atoms with Gasteiger partial charge in [-0.15, -0.1) is 0 Å². The summed E-state index contributed by atoms with van der Waals surface area (Å²) in [4.78, 5) is 26.2. The molecule has 1 heterocycles. The molecule has 6 nitrogen and oxygen atoms in total. The third-order valence-electron chi connectivity index (χ3n) is 4.44. The first kappa shape index (κ1) is 17.8. The van der Waals surface area contributed by atoms with Gasteiger partial charge in [0.15, 0.2) is 0 Å². The number of para-hydroxylation sites is 1. The molecule has 0 spiro atoms. The Balaban J connectivity index is 1.44. The fourth-order valence-electron chi connectivity index (χ4n) is 3.00. The second kappa shape index (κ2) is 8.38. The van der Waals surface area contributed by atoms with E-state index in [2.05, 4.69) is 10.6 Å². The van der Waals surface area contributed by atoms with Crippen LogP contribution in [-0.4, -0.2) is 38.2 Å². The molecular formula is C20H23N3O3. The van der Waals surface area contributed by atoms with Crippen LogP contribution in [0, 0.1) is 0 Å². The highest BCUT2D eigenvalue weighted by Gasteiger charge is 2.33. The number of ether oxygens (including phenoxy) is 1. The second-order valence-electron chi connectivity index (χ2n) is 6.16. The van der Waals surface area contributed by atoms with Crippen LogP contribution in [-0.2, 0) is 11.2 Å². The van der Waals surface area contributed by atoms with E-state index in [9.17, 15) is 9.59 Å². The van der Waals surface area contributed by atoms with Gasteiger partial charge in [-0.3, -0.25) is 4.79 Å². The van der Waals surface area contributed by atoms with Crippen molar-refractivity contribution < 1.29 is 14.3 Å². The fraction of sp³-hybridized carbons (Fsp3) is 0.300. The SMILES string of the molecule is COc1ccc(CCNC(=O)N[C@@H]2CCN(c3ccccc3)C2=O)cc1. The van der Waals surface area contributed by atoms with E-state index >= 15 is 0 Å². The fourth-order valence-corrected chi connectivity index (χ4v) is 3.00. The average Bonchev–Trinajstić information content (AvgIpc) is 3.03. The van der Waals surface area contributed by atoms with Crippen molar-refractivity contribution in [2.75, 3.05) is 25.1 Å². The Labute approximate surface area is 153 Å². The molecule has 26 heavy (non-hydrogen) atoms. The highest BCUT2D eigenvalue weighted by Crippen LogP contribution is 2.20. The number of nitrogens with one attached hydrogen (secondary N) is 2. The molecule has 2 aromatic carbocycles. The number of amides is 3. The van der Waals surface area contributed by atoms with E-state index in [1.165, 1.54) is 0 Å². The first-order valence-electron chi connectivity index (χ1n) is 8.71. The number of urea groups is 1. The first-order chi connectivity index (χ1) is 12.7. The summed E-state index contributed by atoms with van der Waals surface area (Å²) in [6.45, 7) is 1.11. The van der Waals surface area contributed by atoms with Crippen molar-refractivity contribution in [1.82, 2.24) is 10.6 Å². The predicted molar refractivity (Wildman–Crippen MR) is 100 cm³/mol. The minimum absolute atomic E-state index is 0.0681. The van der Waals surface area contributed by atoms with Gasteiger partial charge >= 0.3 is 6.03 Å². The zero-order chi connectivity index (χ0) is 18.4. The molecule has 2 aromatic rings. The summed E-state index contributed by atoms with van der Waals surface area (Å²) < 4.78 is 5.12. The summed E-state index contributed by atoms with van der Waals surface area (Å²) in [5.74, 6) is 0.740. The van der Waals surface area contributed by atoms with Crippen LogP contribution in [0.3, 0.4) is 0 Å². The summed E-state index contributed by atoms with van der Waals surface area (Å²) in [6.07, 6.45) is 1.33. The molecule has 0 unspecified atom stereocenters. The lowest BCUT2D eigenvalue weighted by atomic mass is 10.1. The number of rotatable bonds is 6. The summed E-state index contributed by atoms with van der Waals surface area (Å²) in [5, 5.41) is 5.58. The van der Waals surface area contributed by atoms with Gasteiger partial charge in [0.05, 0.1) is 7.11 Å². The lowest BCUT2D eigenvalue weighted by Gasteiger charge is -2.17. The lowest BCUT2D eigenvalue weighted by Crippen LogP contribution is -2.46. The van der Waals surface area contributed by atoms with Crippen molar-refractivity contribution in [2.24, 2.45) is 0 Å². The van der Waals surface area contributed by atoms with Gasteiger partial charge in [-0.25, -0.2) is 4.79 Å². The van der Waals surface area contributed by atoms with Crippen LogP contribution in [0.15, 0.2) is 54.6 Å². The second-order valence-corrected chi connectivity index (χ2v) is 6.16. The van der Waals surface area contributed by atoms with Crippen molar-refractivity contribution in [3.05, 3.63) is 60.2 Å². The summed E-state index contributed by atoms with van der Waals surface area (Å²) >= 11 is 0. The van der Waals surface area contributed by atoms with Crippen LogP contribution < -0.4 is 20.3 Å². The molecule has 1 aliphatic heterocycles. The number of benzene rings is 2. The van der Waals surface area contributed by atoms with E-state index in [-0.39, 0.29) is 11.9 Å². The Morgan fingerprint density at radius 1 is 1.15 bits per heavy atom. The molecule has 3 rings (SSSR count). The predicted octanol–water partition coefficient (Wildman–Crippen LogP) is 2.34. The molecule has 136 valence electrons. The van der Waals surface area contributed by atoms with Crippen LogP contribution in [0.25, 0.3) is 0 Å². The summed E-state index contributed by atoms with van der Waals surface area (Å²) in [7, 11) is 1.63. The van der Waals surface area contributed by atoms with E-state index < -0.39 is 6.04 Å². The molecule has 0 radical (unpaired) electrons. The normalized spacial score (nSPS) is 16.4. The topological polar surface area (TPSA) is 70.7 Å². The van der Waals surface area contributed by atoms with Crippen molar-refractivity contribution in [1.29, 1.82) is 0 Å². The molecule has 0 saturated carbocycles. The molecule has 2 N–H and O–H groups in total. The minimum atomic E-state index is -0.476. The van der Waals surface area contributed by atoms with Gasteiger partial charge in [0.25, 0.3) is 0 Å². The van der Waals surface area contributed by atoms with E-state index in [1.54, 1.807) is 12.0 Å². The van der Waals surface area contributed by atoms with Gasteiger partial charge in [0.2, 0.25) is 5.91 Å². The van der Waals surface area contributed by atoms with Crippen molar-refractivity contribution in [2.45, 2.75) is 18.9 Å². The van der Waals surface area contributed by atoms with E-state index in [0.717, 1.165) is 17.0 Å². The molecule has 6 heteroatoms. The van der Waals surface area contributed by atoms with Crippen LogP contribution in [0.1, 0.15) is 12.0 Å². The molecule has 1 saturated heterocycles. The molecule has 1 fully saturated rings. The summed E-state index contributed by atoms with van der Waals surface area (Å²) in [5.41, 5.74) is 1.97. The molecule has 0 aliphatic carbocycles. The zero-order valence-corrected chi connectivity index (χ0v) is 14.8. The Kier molecular flexibility index (Phi) is 5.73. The number of carbonyl (C=O) groups excluding carboxylic acids is 2. The number of hydrogen-bond acceptors (Lipinski definition) is 3. The highest BCUT2D eigenvalue weighted by atomic mass is 16.5. The minimum Gasteiger partial charge on any atom is -0.497 e. The first-order valence-corrected chi connectivity index (χ1v) is 8.71. The molecule has 0 bridgehead atoms. The van der Waals surface area contributed by atoms with Crippen molar-refractivity contribution in [3.8, 4) is 5.75 Å². The molecule has 1 atom stereocenters. The third kappa shape index (κ3) is 4.33. The number of nitrogens with zero attached hydrogens (tertiary/aromatic N) is 1. The Hall–Kier alpha value is -3.02. The van der Waals surface area contributed by atoms with Crippen molar-refractivity contribution >= 4 is 17.6 Å². The van der Waals surface area contributed by atoms with Crippen LogP contribution in [0.2, 0.25) is 0 Å². The molecular weight excluding hydrogens is 330 g/mol. The van der Waals surface area contributed by atoms with Crippen molar-refractivity contribution in [3.63, 3.8) is 0 Å². The highest BCUT2D eigenvalue weighted by molar-refractivity contribution is 6.01. The summed E-state index contributed by atoms with van der Waals surface area (Å²) in [6, 6.07) is 16.4. The van der Waals surface area contributed by atoms with E-state index in [4.69, 9.17) is 4.74 Å². The maximum absolute atomic E-state index is 12.5. The number of anilines is 1. The average molecular weight is 353 g/mol. The maximum Gasteiger partial charge on any atom is 0.315 e. The van der Waals surface area contributed by atoms with E-state index in [0.29, 0.717) is 25.9 Å². The van der Waals surface area contributed by atoms with Crippen LogP contribution in [0.4, 0.5) is 10.5 Å². The smallest absolute Gasteiger partial charge is 0.315 e. The van der Waals surface area contributed by atoms with Gasteiger partial charge < -0.3 is 20.3 Å². The lowest BCUT2D eigenvalue weighted by molar-refractivity contribution is -0.118. The number of carbonyl (C=O) groups is 2. The molecule has 0 aromatic heterocycles. The number of methoxy groups -OCH3 is 1. The Morgan fingerprint density at radius 2 is 1.88 bits per heavy atom. The monoisotopic (exact) mass is 353 g/mol. The quantitative estimate of drug-likeness (QED) is 0.837.